The first-order valence-corrected chi connectivity index (χ1v) is 8.26. The van der Waals surface area contributed by atoms with Gasteiger partial charge in [0.05, 0.1) is 5.60 Å². The van der Waals surface area contributed by atoms with Crippen molar-refractivity contribution in [3.63, 3.8) is 0 Å². The molecule has 1 N–H and O–H groups in total. The van der Waals surface area contributed by atoms with Crippen molar-refractivity contribution in [3.05, 3.63) is 34.9 Å². The Hall–Kier alpha value is -0.570. The lowest BCUT2D eigenvalue weighted by molar-refractivity contribution is -0.0847. The van der Waals surface area contributed by atoms with Gasteiger partial charge in [0.1, 0.15) is 0 Å². The first kappa shape index (κ1) is 16.8. The van der Waals surface area contributed by atoms with E-state index < -0.39 is 0 Å². The Balaban J connectivity index is 2.17. The van der Waals surface area contributed by atoms with Crippen molar-refractivity contribution in [2.24, 2.45) is 5.41 Å². The third-order valence-corrected chi connectivity index (χ3v) is 5.59. The van der Waals surface area contributed by atoms with Crippen LogP contribution >= 0.6 is 11.6 Å². The molecule has 0 radical (unpaired) electrons. The van der Waals surface area contributed by atoms with E-state index >= 15 is 0 Å². The highest BCUT2D eigenvalue weighted by Gasteiger charge is 2.43. The molecule has 2 nitrogen and oxygen atoms in total. The average molecular weight is 310 g/mol. The number of nitrogens with one attached hydrogen (secondary N) is 1. The van der Waals surface area contributed by atoms with E-state index in [1.807, 2.05) is 26.3 Å². The molecule has 1 aliphatic carbocycles. The van der Waals surface area contributed by atoms with Gasteiger partial charge in [0.2, 0.25) is 0 Å². The molecule has 0 saturated heterocycles. The zero-order chi connectivity index (χ0) is 15.5. The smallest absolute Gasteiger partial charge is 0.0834 e. The van der Waals surface area contributed by atoms with Crippen molar-refractivity contribution in [2.75, 3.05) is 14.2 Å². The minimum atomic E-state index is -0.0799. The Bertz CT molecular complexity index is 462. The molecule has 0 spiro atoms. The van der Waals surface area contributed by atoms with Crippen LogP contribution < -0.4 is 5.32 Å². The predicted octanol–water partition coefficient (Wildman–Crippen LogP) is 4.46. The molecule has 0 aromatic heterocycles. The van der Waals surface area contributed by atoms with Gasteiger partial charge in [0.25, 0.3) is 0 Å². The summed E-state index contributed by atoms with van der Waals surface area (Å²) in [6.45, 7) is 4.71. The molecule has 0 bridgehead atoms. The average Bonchev–Trinajstić information content (AvgIpc) is 2.47. The number of benzene rings is 1. The van der Waals surface area contributed by atoms with Crippen molar-refractivity contribution in [2.45, 2.75) is 57.6 Å². The van der Waals surface area contributed by atoms with Gasteiger partial charge in [-0.2, -0.15) is 0 Å². The van der Waals surface area contributed by atoms with Crippen LogP contribution in [0, 0.1) is 5.41 Å². The van der Waals surface area contributed by atoms with Gasteiger partial charge in [-0.25, -0.2) is 0 Å². The molecule has 0 aliphatic heterocycles. The fourth-order valence-corrected chi connectivity index (χ4v) is 3.69. The number of hydrogen-bond donors (Lipinski definition) is 1. The molecule has 1 atom stereocenters. The van der Waals surface area contributed by atoms with Crippen LogP contribution in [0.4, 0.5) is 0 Å². The molecule has 21 heavy (non-hydrogen) atoms. The first-order chi connectivity index (χ1) is 9.92. The molecule has 1 fully saturated rings. The molecule has 3 heteroatoms. The molecule has 1 unspecified atom stereocenters. The Morgan fingerprint density at radius 2 is 1.81 bits per heavy atom. The summed E-state index contributed by atoms with van der Waals surface area (Å²) in [7, 11) is 3.89. The summed E-state index contributed by atoms with van der Waals surface area (Å²) in [6.07, 6.45) is 5.53. The molecular weight excluding hydrogens is 282 g/mol. The normalized spacial score (nSPS) is 22.0. The highest BCUT2D eigenvalue weighted by molar-refractivity contribution is 6.31. The van der Waals surface area contributed by atoms with E-state index in [1.54, 1.807) is 0 Å². The van der Waals surface area contributed by atoms with Gasteiger partial charge in [0.15, 0.2) is 0 Å². The van der Waals surface area contributed by atoms with E-state index in [0.29, 0.717) is 11.5 Å². The molecule has 1 aromatic carbocycles. The summed E-state index contributed by atoms with van der Waals surface area (Å²) in [4.78, 5) is 0. The standard InChI is InChI=1S/C18H28ClNO/c1-17(2)9-11-18(21-4,12-10-17)16(20-3)13-14-7-5-6-8-15(14)19/h5-8,16,20H,9-13H2,1-4H3. The second-order valence-electron chi connectivity index (χ2n) is 7.07. The van der Waals surface area contributed by atoms with Crippen LogP contribution in [0.25, 0.3) is 0 Å². The van der Waals surface area contributed by atoms with Gasteiger partial charge in [-0.3, -0.25) is 0 Å². The maximum atomic E-state index is 6.33. The maximum absolute atomic E-state index is 6.33. The molecule has 1 saturated carbocycles. The van der Waals surface area contributed by atoms with Crippen LogP contribution in [0.2, 0.25) is 5.02 Å². The summed E-state index contributed by atoms with van der Waals surface area (Å²) in [6, 6.07) is 8.40. The highest BCUT2D eigenvalue weighted by Crippen LogP contribution is 2.44. The zero-order valence-electron chi connectivity index (χ0n) is 13.7. The van der Waals surface area contributed by atoms with E-state index in [9.17, 15) is 0 Å². The topological polar surface area (TPSA) is 21.3 Å². The van der Waals surface area contributed by atoms with Gasteiger partial charge < -0.3 is 10.1 Å². The van der Waals surface area contributed by atoms with Crippen molar-refractivity contribution in [1.29, 1.82) is 0 Å². The Morgan fingerprint density at radius 1 is 1.19 bits per heavy atom. The van der Waals surface area contributed by atoms with Crippen LogP contribution in [0.1, 0.15) is 45.1 Å². The Morgan fingerprint density at radius 3 is 2.33 bits per heavy atom. The zero-order valence-corrected chi connectivity index (χ0v) is 14.5. The van der Waals surface area contributed by atoms with Gasteiger partial charge in [-0.05, 0) is 56.2 Å². The minimum absolute atomic E-state index is 0.0799. The summed E-state index contributed by atoms with van der Waals surface area (Å²) >= 11 is 6.33. The first-order valence-electron chi connectivity index (χ1n) is 7.88. The number of methoxy groups -OCH3 is 1. The lowest BCUT2D eigenvalue weighted by Crippen LogP contribution is -2.54. The third-order valence-electron chi connectivity index (χ3n) is 5.22. The predicted molar refractivity (Wildman–Crippen MR) is 90.0 cm³/mol. The van der Waals surface area contributed by atoms with Crippen LogP contribution in [0.5, 0.6) is 0 Å². The summed E-state index contributed by atoms with van der Waals surface area (Å²) < 4.78 is 6.03. The number of halogens is 1. The van der Waals surface area contributed by atoms with Gasteiger partial charge in [0, 0.05) is 18.2 Å². The fraction of sp³-hybridized carbons (Fsp3) is 0.667. The maximum Gasteiger partial charge on any atom is 0.0834 e. The SMILES string of the molecule is CNC(Cc1ccccc1Cl)C1(OC)CCC(C)(C)CC1. The molecular formula is C18H28ClNO. The number of rotatable bonds is 5. The van der Waals surface area contributed by atoms with Crippen LogP contribution in [-0.2, 0) is 11.2 Å². The number of ether oxygens (including phenoxy) is 1. The molecule has 0 heterocycles. The van der Waals surface area contributed by atoms with E-state index in [1.165, 1.54) is 18.4 Å². The summed E-state index contributed by atoms with van der Waals surface area (Å²) in [5.41, 5.74) is 1.55. The molecule has 2 rings (SSSR count). The van der Waals surface area contributed by atoms with E-state index in [2.05, 4.69) is 31.3 Å². The van der Waals surface area contributed by atoms with E-state index in [4.69, 9.17) is 16.3 Å². The van der Waals surface area contributed by atoms with Gasteiger partial charge in [-0.15, -0.1) is 0 Å². The van der Waals surface area contributed by atoms with Crippen molar-refractivity contribution in [1.82, 2.24) is 5.32 Å². The van der Waals surface area contributed by atoms with Crippen molar-refractivity contribution in [3.8, 4) is 0 Å². The molecule has 0 amide bonds. The number of likely N-dealkylation sites (N-methyl/N-ethyl adjacent to an activating group) is 1. The monoisotopic (exact) mass is 309 g/mol. The van der Waals surface area contributed by atoms with Crippen molar-refractivity contribution >= 4 is 11.6 Å². The van der Waals surface area contributed by atoms with Crippen molar-refractivity contribution < 1.29 is 4.74 Å². The molecule has 1 aromatic rings. The molecule has 118 valence electrons. The summed E-state index contributed by atoms with van der Waals surface area (Å²) in [5.74, 6) is 0. The second-order valence-corrected chi connectivity index (χ2v) is 7.48. The Labute approximate surface area is 134 Å². The van der Waals surface area contributed by atoms with Crippen LogP contribution in [0.3, 0.4) is 0 Å². The quantitative estimate of drug-likeness (QED) is 0.867. The fourth-order valence-electron chi connectivity index (χ4n) is 3.48. The number of hydrogen-bond acceptors (Lipinski definition) is 2. The minimum Gasteiger partial charge on any atom is -0.377 e. The summed E-state index contributed by atoms with van der Waals surface area (Å²) in [5, 5.41) is 4.33. The van der Waals surface area contributed by atoms with Gasteiger partial charge >= 0.3 is 0 Å². The highest BCUT2D eigenvalue weighted by atomic mass is 35.5. The molecule has 1 aliphatic rings. The Kier molecular flexibility index (Phi) is 5.34. The second kappa shape index (κ2) is 6.68. The van der Waals surface area contributed by atoms with Crippen LogP contribution in [-0.4, -0.2) is 25.8 Å². The van der Waals surface area contributed by atoms with E-state index in [0.717, 1.165) is 24.3 Å². The van der Waals surface area contributed by atoms with Crippen LogP contribution in [0.15, 0.2) is 24.3 Å². The largest absolute Gasteiger partial charge is 0.377 e. The lowest BCUT2D eigenvalue weighted by Gasteiger charge is -2.47. The third kappa shape index (κ3) is 3.80. The lowest BCUT2D eigenvalue weighted by atomic mass is 9.67. The van der Waals surface area contributed by atoms with Gasteiger partial charge in [-0.1, -0.05) is 43.6 Å². The van der Waals surface area contributed by atoms with E-state index in [-0.39, 0.29) is 5.60 Å².